The SMILES string of the molecule is CCc1ccccc1NC(=O)NC1CCCCC1C. The Morgan fingerprint density at radius 3 is 2.74 bits per heavy atom. The fourth-order valence-electron chi connectivity index (χ4n) is 2.81. The summed E-state index contributed by atoms with van der Waals surface area (Å²) in [7, 11) is 0. The van der Waals surface area contributed by atoms with E-state index in [1.54, 1.807) is 0 Å². The lowest BCUT2D eigenvalue weighted by Crippen LogP contribution is -2.43. The summed E-state index contributed by atoms with van der Waals surface area (Å²) in [5.74, 6) is 0.584. The van der Waals surface area contributed by atoms with E-state index in [9.17, 15) is 4.79 Å². The van der Waals surface area contributed by atoms with Crippen molar-refractivity contribution < 1.29 is 4.79 Å². The first-order valence-corrected chi connectivity index (χ1v) is 7.36. The average molecular weight is 260 g/mol. The van der Waals surface area contributed by atoms with Gasteiger partial charge in [-0.3, -0.25) is 0 Å². The summed E-state index contributed by atoms with van der Waals surface area (Å²) in [6.45, 7) is 4.33. The number of aryl methyl sites for hydroxylation is 1. The first-order valence-electron chi connectivity index (χ1n) is 7.36. The van der Waals surface area contributed by atoms with Gasteiger partial charge >= 0.3 is 6.03 Å². The molecule has 3 heteroatoms. The van der Waals surface area contributed by atoms with Crippen LogP contribution in [0, 0.1) is 5.92 Å². The van der Waals surface area contributed by atoms with E-state index >= 15 is 0 Å². The van der Waals surface area contributed by atoms with Gasteiger partial charge in [0, 0.05) is 11.7 Å². The molecule has 2 amide bonds. The molecular weight excluding hydrogens is 236 g/mol. The predicted octanol–water partition coefficient (Wildman–Crippen LogP) is 3.95. The van der Waals surface area contributed by atoms with Crippen molar-refractivity contribution in [3.8, 4) is 0 Å². The fraction of sp³-hybridized carbons (Fsp3) is 0.562. The van der Waals surface area contributed by atoms with Gasteiger partial charge in [-0.25, -0.2) is 4.79 Å². The smallest absolute Gasteiger partial charge is 0.319 e. The zero-order valence-corrected chi connectivity index (χ0v) is 11.9. The molecule has 1 aromatic rings. The van der Waals surface area contributed by atoms with Crippen molar-refractivity contribution in [3.05, 3.63) is 29.8 Å². The van der Waals surface area contributed by atoms with E-state index in [1.165, 1.54) is 24.8 Å². The summed E-state index contributed by atoms with van der Waals surface area (Å²) in [6.07, 6.45) is 5.76. The minimum absolute atomic E-state index is 0.0698. The van der Waals surface area contributed by atoms with Crippen LogP contribution in [0.4, 0.5) is 10.5 Å². The Kier molecular flexibility index (Phi) is 4.83. The van der Waals surface area contributed by atoms with Crippen LogP contribution in [0.15, 0.2) is 24.3 Å². The number of carbonyl (C=O) groups is 1. The zero-order chi connectivity index (χ0) is 13.7. The van der Waals surface area contributed by atoms with Gasteiger partial charge < -0.3 is 10.6 Å². The van der Waals surface area contributed by atoms with E-state index in [1.807, 2.05) is 18.2 Å². The maximum atomic E-state index is 12.1. The average Bonchev–Trinajstić information content (AvgIpc) is 2.42. The number of carbonyl (C=O) groups excluding carboxylic acids is 1. The quantitative estimate of drug-likeness (QED) is 0.849. The Labute approximate surface area is 115 Å². The Hall–Kier alpha value is -1.51. The van der Waals surface area contributed by atoms with Crippen LogP contribution < -0.4 is 10.6 Å². The maximum Gasteiger partial charge on any atom is 0.319 e. The molecule has 104 valence electrons. The molecule has 1 saturated carbocycles. The molecule has 2 unspecified atom stereocenters. The third kappa shape index (κ3) is 3.72. The molecule has 0 aliphatic heterocycles. The Balaban J connectivity index is 1.93. The molecule has 0 aromatic heterocycles. The third-order valence-corrected chi connectivity index (χ3v) is 4.07. The highest BCUT2D eigenvalue weighted by atomic mass is 16.2. The molecule has 0 heterocycles. The van der Waals surface area contributed by atoms with Crippen molar-refractivity contribution in [2.24, 2.45) is 5.92 Å². The molecule has 2 N–H and O–H groups in total. The van der Waals surface area contributed by atoms with Gasteiger partial charge in [0.1, 0.15) is 0 Å². The molecule has 1 aromatic carbocycles. The number of benzene rings is 1. The largest absolute Gasteiger partial charge is 0.335 e. The van der Waals surface area contributed by atoms with Crippen molar-refractivity contribution in [3.63, 3.8) is 0 Å². The molecule has 0 spiro atoms. The normalized spacial score (nSPS) is 22.8. The van der Waals surface area contributed by atoms with Crippen LogP contribution in [-0.2, 0) is 6.42 Å². The number of hydrogen-bond acceptors (Lipinski definition) is 1. The Morgan fingerprint density at radius 2 is 2.00 bits per heavy atom. The summed E-state index contributed by atoms with van der Waals surface area (Å²) in [5, 5.41) is 6.10. The number of hydrogen-bond donors (Lipinski definition) is 2. The van der Waals surface area contributed by atoms with Gasteiger partial charge in [-0.05, 0) is 36.8 Å². The molecule has 19 heavy (non-hydrogen) atoms. The molecule has 0 bridgehead atoms. The van der Waals surface area contributed by atoms with Gasteiger partial charge in [0.2, 0.25) is 0 Å². The lowest BCUT2D eigenvalue weighted by atomic mass is 9.86. The van der Waals surface area contributed by atoms with Gasteiger partial charge in [-0.1, -0.05) is 44.9 Å². The molecule has 2 rings (SSSR count). The summed E-state index contributed by atoms with van der Waals surface area (Å²) in [4.78, 5) is 12.1. The van der Waals surface area contributed by atoms with Crippen molar-refractivity contribution in [1.29, 1.82) is 0 Å². The Bertz CT molecular complexity index is 431. The number of anilines is 1. The predicted molar refractivity (Wildman–Crippen MR) is 79.4 cm³/mol. The van der Waals surface area contributed by atoms with Crippen LogP contribution in [0.2, 0.25) is 0 Å². The van der Waals surface area contributed by atoms with E-state index in [-0.39, 0.29) is 6.03 Å². The number of urea groups is 1. The summed E-state index contributed by atoms with van der Waals surface area (Å²) < 4.78 is 0. The van der Waals surface area contributed by atoms with Crippen LogP contribution in [0.3, 0.4) is 0 Å². The molecule has 2 atom stereocenters. The van der Waals surface area contributed by atoms with Crippen molar-refractivity contribution >= 4 is 11.7 Å². The van der Waals surface area contributed by atoms with Crippen LogP contribution in [0.5, 0.6) is 0 Å². The van der Waals surface area contributed by atoms with E-state index < -0.39 is 0 Å². The number of para-hydroxylation sites is 1. The third-order valence-electron chi connectivity index (χ3n) is 4.07. The van der Waals surface area contributed by atoms with Gasteiger partial charge in [0.15, 0.2) is 0 Å². The highest BCUT2D eigenvalue weighted by molar-refractivity contribution is 5.90. The summed E-state index contributed by atoms with van der Waals surface area (Å²) in [5.41, 5.74) is 2.10. The first-order chi connectivity index (χ1) is 9.20. The van der Waals surface area contributed by atoms with Crippen LogP contribution in [0.25, 0.3) is 0 Å². The second kappa shape index (κ2) is 6.60. The highest BCUT2D eigenvalue weighted by Crippen LogP contribution is 2.24. The molecule has 1 fully saturated rings. The lowest BCUT2D eigenvalue weighted by molar-refractivity contribution is 0.232. The first kappa shape index (κ1) is 13.9. The Morgan fingerprint density at radius 1 is 1.26 bits per heavy atom. The standard InChI is InChI=1S/C16H24N2O/c1-3-13-9-5-7-11-15(13)18-16(19)17-14-10-6-4-8-12(14)2/h5,7,9,11-12,14H,3-4,6,8,10H2,1-2H3,(H2,17,18,19). The van der Waals surface area contributed by atoms with E-state index in [0.717, 1.165) is 18.5 Å². The van der Waals surface area contributed by atoms with Gasteiger partial charge in [0.05, 0.1) is 0 Å². The number of rotatable bonds is 3. The van der Waals surface area contributed by atoms with E-state index in [2.05, 4.69) is 30.5 Å². The molecule has 1 aliphatic carbocycles. The van der Waals surface area contributed by atoms with Crippen molar-refractivity contribution in [2.45, 2.75) is 52.0 Å². The minimum atomic E-state index is -0.0698. The van der Waals surface area contributed by atoms with E-state index in [0.29, 0.717) is 12.0 Å². The fourth-order valence-corrected chi connectivity index (χ4v) is 2.81. The second-order valence-corrected chi connectivity index (χ2v) is 5.48. The molecule has 0 radical (unpaired) electrons. The van der Waals surface area contributed by atoms with Crippen molar-refractivity contribution in [2.75, 3.05) is 5.32 Å². The van der Waals surface area contributed by atoms with Crippen LogP contribution in [-0.4, -0.2) is 12.1 Å². The molecule has 0 saturated heterocycles. The summed E-state index contributed by atoms with van der Waals surface area (Å²) >= 11 is 0. The highest BCUT2D eigenvalue weighted by Gasteiger charge is 2.22. The van der Waals surface area contributed by atoms with Crippen LogP contribution in [0.1, 0.15) is 45.1 Å². The minimum Gasteiger partial charge on any atom is -0.335 e. The molecule has 1 aliphatic rings. The second-order valence-electron chi connectivity index (χ2n) is 5.48. The van der Waals surface area contributed by atoms with Gasteiger partial charge in [-0.15, -0.1) is 0 Å². The van der Waals surface area contributed by atoms with E-state index in [4.69, 9.17) is 0 Å². The maximum absolute atomic E-state index is 12.1. The lowest BCUT2D eigenvalue weighted by Gasteiger charge is -2.29. The van der Waals surface area contributed by atoms with Crippen LogP contribution >= 0.6 is 0 Å². The zero-order valence-electron chi connectivity index (χ0n) is 11.9. The number of nitrogens with one attached hydrogen (secondary N) is 2. The molecular formula is C16H24N2O. The molecule has 3 nitrogen and oxygen atoms in total. The summed E-state index contributed by atoms with van der Waals surface area (Å²) in [6, 6.07) is 8.23. The van der Waals surface area contributed by atoms with Gasteiger partial charge in [0.25, 0.3) is 0 Å². The number of amides is 2. The van der Waals surface area contributed by atoms with Crippen molar-refractivity contribution in [1.82, 2.24) is 5.32 Å². The topological polar surface area (TPSA) is 41.1 Å². The monoisotopic (exact) mass is 260 g/mol. The van der Waals surface area contributed by atoms with Gasteiger partial charge in [-0.2, -0.15) is 0 Å².